The van der Waals surface area contributed by atoms with E-state index in [0.717, 1.165) is 18.5 Å². The highest BCUT2D eigenvalue weighted by molar-refractivity contribution is 14.0. The second kappa shape index (κ2) is 14.3. The van der Waals surface area contributed by atoms with Crippen molar-refractivity contribution in [2.24, 2.45) is 4.99 Å². The minimum Gasteiger partial charge on any atom is -0.380 e. The van der Waals surface area contributed by atoms with E-state index in [1.54, 1.807) is 26.3 Å². The molecule has 5 nitrogen and oxygen atoms in total. The summed E-state index contributed by atoms with van der Waals surface area (Å²) < 4.78 is 24.6. The molecule has 2 rings (SSSR count). The van der Waals surface area contributed by atoms with Crippen LogP contribution in [-0.2, 0) is 22.6 Å². The lowest BCUT2D eigenvalue weighted by Crippen LogP contribution is -2.37. The maximum absolute atomic E-state index is 13.7. The van der Waals surface area contributed by atoms with Crippen LogP contribution < -0.4 is 10.6 Å². The van der Waals surface area contributed by atoms with Crippen molar-refractivity contribution in [1.29, 1.82) is 0 Å². The molecule has 0 saturated carbocycles. The highest BCUT2D eigenvalue weighted by Gasteiger charge is 2.06. The van der Waals surface area contributed by atoms with Crippen LogP contribution in [0.3, 0.4) is 0 Å². The van der Waals surface area contributed by atoms with E-state index in [1.807, 2.05) is 18.2 Å². The van der Waals surface area contributed by atoms with Gasteiger partial charge in [-0.25, -0.2) is 4.39 Å². The largest absolute Gasteiger partial charge is 0.380 e. The molecule has 0 bridgehead atoms. The monoisotopic (exact) mass is 515 g/mol. The van der Waals surface area contributed by atoms with E-state index in [9.17, 15) is 4.39 Å². The van der Waals surface area contributed by atoms with E-state index < -0.39 is 0 Å². The normalized spacial score (nSPS) is 12.2. The standard InChI is InChI=1S/C22H30FN3O2.HI/c1-17(19-8-5-4-6-9-19)28-13-7-12-25-22(24-2)26-15-18-10-11-21(23)20(14-18)16-27-3;/h4-6,8-11,14,17H,7,12-13,15-16H2,1-3H3,(H2,24,25,26);1H. The SMILES string of the molecule is CN=C(NCCCOC(C)c1ccccc1)NCc1ccc(F)c(COC)c1.I. The van der Waals surface area contributed by atoms with E-state index in [-0.39, 0.29) is 42.5 Å². The topological polar surface area (TPSA) is 54.9 Å². The van der Waals surface area contributed by atoms with Gasteiger partial charge in [0.25, 0.3) is 0 Å². The number of hydrogen-bond donors (Lipinski definition) is 2. The fourth-order valence-corrected chi connectivity index (χ4v) is 2.77. The van der Waals surface area contributed by atoms with Crippen molar-refractivity contribution >= 4 is 29.9 Å². The molecular weight excluding hydrogens is 484 g/mol. The van der Waals surface area contributed by atoms with Crippen LogP contribution in [0.2, 0.25) is 0 Å². The summed E-state index contributed by atoms with van der Waals surface area (Å²) in [4.78, 5) is 4.21. The van der Waals surface area contributed by atoms with Crippen LogP contribution in [0.1, 0.15) is 36.1 Å². The molecule has 1 unspecified atom stereocenters. The summed E-state index contributed by atoms with van der Waals surface area (Å²) in [5.74, 6) is 0.451. The van der Waals surface area contributed by atoms with Crippen LogP contribution >= 0.6 is 24.0 Å². The molecule has 0 spiro atoms. The van der Waals surface area contributed by atoms with E-state index in [4.69, 9.17) is 9.47 Å². The zero-order chi connectivity index (χ0) is 20.2. The predicted molar refractivity (Wildman–Crippen MR) is 126 cm³/mol. The lowest BCUT2D eigenvalue weighted by atomic mass is 10.1. The van der Waals surface area contributed by atoms with Crippen molar-refractivity contribution in [3.05, 3.63) is 71.0 Å². The molecule has 2 aromatic carbocycles. The van der Waals surface area contributed by atoms with Gasteiger partial charge in [-0.2, -0.15) is 0 Å². The Labute approximate surface area is 190 Å². The van der Waals surface area contributed by atoms with E-state index >= 15 is 0 Å². The summed E-state index contributed by atoms with van der Waals surface area (Å²) in [5, 5.41) is 6.50. The first-order chi connectivity index (χ1) is 13.6. The molecule has 0 heterocycles. The highest BCUT2D eigenvalue weighted by Crippen LogP contribution is 2.15. The van der Waals surface area contributed by atoms with Crippen molar-refractivity contribution in [3.8, 4) is 0 Å². The third-order valence-electron chi connectivity index (χ3n) is 4.34. The molecule has 7 heteroatoms. The molecule has 2 aromatic rings. The number of aliphatic imine (C=N–C) groups is 1. The average Bonchev–Trinajstić information content (AvgIpc) is 2.72. The van der Waals surface area contributed by atoms with Crippen LogP contribution in [0.4, 0.5) is 4.39 Å². The molecule has 29 heavy (non-hydrogen) atoms. The second-order valence-electron chi connectivity index (χ2n) is 6.49. The number of benzene rings is 2. The van der Waals surface area contributed by atoms with Crippen molar-refractivity contribution in [2.75, 3.05) is 27.3 Å². The molecule has 0 fully saturated rings. The summed E-state index contributed by atoms with van der Waals surface area (Å²) in [6.07, 6.45) is 0.949. The smallest absolute Gasteiger partial charge is 0.191 e. The van der Waals surface area contributed by atoms with Crippen molar-refractivity contribution < 1.29 is 13.9 Å². The van der Waals surface area contributed by atoms with Crippen LogP contribution in [0.25, 0.3) is 0 Å². The average molecular weight is 515 g/mol. The summed E-state index contributed by atoms with van der Waals surface area (Å²) in [7, 11) is 3.28. The zero-order valence-electron chi connectivity index (χ0n) is 17.3. The van der Waals surface area contributed by atoms with Gasteiger partial charge in [0.05, 0.1) is 12.7 Å². The number of halogens is 2. The first kappa shape index (κ1) is 25.3. The zero-order valence-corrected chi connectivity index (χ0v) is 19.6. The van der Waals surface area contributed by atoms with Crippen LogP contribution in [0, 0.1) is 5.82 Å². The minimum absolute atomic E-state index is 0. The number of guanidine groups is 1. The maximum Gasteiger partial charge on any atom is 0.191 e. The molecule has 0 aliphatic heterocycles. The minimum atomic E-state index is -0.252. The lowest BCUT2D eigenvalue weighted by Gasteiger charge is -2.15. The Morgan fingerprint density at radius 1 is 1.14 bits per heavy atom. The Morgan fingerprint density at radius 2 is 1.90 bits per heavy atom. The summed E-state index contributed by atoms with van der Waals surface area (Å²) >= 11 is 0. The van der Waals surface area contributed by atoms with E-state index in [0.29, 0.717) is 24.7 Å². The van der Waals surface area contributed by atoms with Gasteiger partial charge in [-0.05, 0) is 36.6 Å². The van der Waals surface area contributed by atoms with Crippen molar-refractivity contribution in [2.45, 2.75) is 32.6 Å². The number of ether oxygens (including phenoxy) is 2. The molecule has 0 aliphatic rings. The summed E-state index contributed by atoms with van der Waals surface area (Å²) in [6, 6.07) is 15.2. The number of nitrogens with one attached hydrogen (secondary N) is 2. The Morgan fingerprint density at radius 3 is 2.59 bits per heavy atom. The second-order valence-corrected chi connectivity index (χ2v) is 6.49. The molecule has 0 aliphatic carbocycles. The Kier molecular flexibility index (Phi) is 12.5. The lowest BCUT2D eigenvalue weighted by molar-refractivity contribution is 0.0646. The van der Waals surface area contributed by atoms with Crippen LogP contribution in [0.5, 0.6) is 0 Å². The first-order valence-corrected chi connectivity index (χ1v) is 9.51. The molecule has 2 N–H and O–H groups in total. The molecule has 1 atom stereocenters. The van der Waals surface area contributed by atoms with E-state index in [1.165, 1.54) is 11.6 Å². The van der Waals surface area contributed by atoms with Gasteiger partial charge in [-0.3, -0.25) is 4.99 Å². The van der Waals surface area contributed by atoms with Gasteiger partial charge in [0.1, 0.15) is 5.82 Å². The van der Waals surface area contributed by atoms with Gasteiger partial charge in [0.15, 0.2) is 5.96 Å². The molecule has 0 amide bonds. The number of methoxy groups -OCH3 is 1. The fourth-order valence-electron chi connectivity index (χ4n) is 2.77. The summed E-state index contributed by atoms with van der Waals surface area (Å²) in [5.41, 5.74) is 2.70. The molecule has 0 radical (unpaired) electrons. The van der Waals surface area contributed by atoms with E-state index in [2.05, 4.69) is 34.7 Å². The van der Waals surface area contributed by atoms with Gasteiger partial charge in [-0.1, -0.05) is 36.4 Å². The van der Waals surface area contributed by atoms with Gasteiger partial charge >= 0.3 is 0 Å². The summed E-state index contributed by atoms with van der Waals surface area (Å²) in [6.45, 7) is 4.29. The van der Waals surface area contributed by atoms with Gasteiger partial charge in [-0.15, -0.1) is 24.0 Å². The highest BCUT2D eigenvalue weighted by atomic mass is 127. The molecular formula is C22H31FIN3O2. The number of hydrogen-bond acceptors (Lipinski definition) is 3. The third kappa shape index (κ3) is 9.10. The van der Waals surface area contributed by atoms with Gasteiger partial charge in [0, 0.05) is 39.4 Å². The quantitative estimate of drug-likeness (QED) is 0.213. The van der Waals surface area contributed by atoms with Crippen molar-refractivity contribution in [1.82, 2.24) is 10.6 Å². The Balaban J connectivity index is 0.00000420. The van der Waals surface area contributed by atoms with Gasteiger partial charge in [0.2, 0.25) is 0 Å². The third-order valence-corrected chi connectivity index (χ3v) is 4.34. The number of rotatable bonds is 10. The molecule has 0 aromatic heterocycles. The van der Waals surface area contributed by atoms with Crippen LogP contribution in [0.15, 0.2) is 53.5 Å². The van der Waals surface area contributed by atoms with Crippen LogP contribution in [-0.4, -0.2) is 33.3 Å². The fraction of sp³-hybridized carbons (Fsp3) is 0.409. The predicted octanol–water partition coefficient (Wildman–Crippen LogP) is 4.42. The van der Waals surface area contributed by atoms with Gasteiger partial charge < -0.3 is 20.1 Å². The maximum atomic E-state index is 13.7. The Bertz CT molecular complexity index is 744. The Hall–Kier alpha value is -1.71. The molecule has 0 saturated heterocycles. The first-order valence-electron chi connectivity index (χ1n) is 9.51. The number of nitrogens with zero attached hydrogens (tertiary/aromatic N) is 1. The van der Waals surface area contributed by atoms with Crippen molar-refractivity contribution in [3.63, 3.8) is 0 Å². The molecule has 160 valence electrons.